The molecule has 1 heterocycles. The van der Waals surface area contributed by atoms with E-state index in [1.807, 2.05) is 23.1 Å². The highest BCUT2D eigenvalue weighted by Gasteiger charge is 2.22. The summed E-state index contributed by atoms with van der Waals surface area (Å²) in [6.45, 7) is 2.05. The van der Waals surface area contributed by atoms with Crippen LogP contribution in [-0.2, 0) is 9.53 Å². The van der Waals surface area contributed by atoms with Crippen molar-refractivity contribution < 1.29 is 9.53 Å². The van der Waals surface area contributed by atoms with E-state index in [-0.39, 0.29) is 5.91 Å². The minimum atomic E-state index is -0.410. The summed E-state index contributed by atoms with van der Waals surface area (Å²) in [5, 5.41) is 0. The first kappa shape index (κ1) is 15.7. The van der Waals surface area contributed by atoms with Crippen molar-refractivity contribution in [3.05, 3.63) is 42.0 Å². The van der Waals surface area contributed by atoms with Gasteiger partial charge in [0.1, 0.15) is 0 Å². The van der Waals surface area contributed by atoms with Crippen LogP contribution in [0.3, 0.4) is 0 Å². The van der Waals surface area contributed by atoms with Gasteiger partial charge in [-0.05, 0) is 30.4 Å². The fourth-order valence-corrected chi connectivity index (χ4v) is 2.59. The van der Waals surface area contributed by atoms with Crippen molar-refractivity contribution in [3.8, 4) is 0 Å². The van der Waals surface area contributed by atoms with Crippen molar-refractivity contribution in [1.82, 2.24) is 4.90 Å². The average Bonchev–Trinajstić information content (AvgIpc) is 2.55. The predicted octanol–water partition coefficient (Wildman–Crippen LogP) is 2.06. The SMILES string of the molecule is COCCCC(N)C(=O)N1CC=C(c2ccccc2)CC1. The molecule has 0 bridgehead atoms. The van der Waals surface area contributed by atoms with Crippen LogP contribution in [0.25, 0.3) is 5.57 Å². The normalized spacial score (nSPS) is 16.5. The summed E-state index contributed by atoms with van der Waals surface area (Å²) in [5.74, 6) is 0.0504. The van der Waals surface area contributed by atoms with Gasteiger partial charge < -0.3 is 15.4 Å². The van der Waals surface area contributed by atoms with Crippen LogP contribution in [0.5, 0.6) is 0 Å². The second-order valence-corrected chi connectivity index (χ2v) is 5.37. The van der Waals surface area contributed by atoms with Crippen LogP contribution in [0.1, 0.15) is 24.8 Å². The Balaban J connectivity index is 1.88. The summed E-state index contributed by atoms with van der Waals surface area (Å²) in [5.41, 5.74) is 8.52. The summed E-state index contributed by atoms with van der Waals surface area (Å²) in [6, 6.07) is 9.91. The van der Waals surface area contributed by atoms with Crippen molar-refractivity contribution in [2.24, 2.45) is 5.73 Å². The second-order valence-electron chi connectivity index (χ2n) is 5.37. The number of methoxy groups -OCH3 is 1. The molecule has 0 radical (unpaired) electrons. The lowest BCUT2D eigenvalue weighted by molar-refractivity contribution is -0.132. The zero-order chi connectivity index (χ0) is 15.1. The average molecular weight is 288 g/mol. The van der Waals surface area contributed by atoms with Gasteiger partial charge >= 0.3 is 0 Å². The molecule has 0 saturated carbocycles. The Bertz CT molecular complexity index is 485. The molecule has 114 valence electrons. The number of hydrogen-bond acceptors (Lipinski definition) is 3. The van der Waals surface area contributed by atoms with E-state index in [1.54, 1.807) is 7.11 Å². The minimum absolute atomic E-state index is 0.0504. The quantitative estimate of drug-likeness (QED) is 0.815. The Morgan fingerprint density at radius 3 is 2.76 bits per heavy atom. The molecule has 1 aromatic carbocycles. The van der Waals surface area contributed by atoms with Gasteiger partial charge in [0.2, 0.25) is 5.91 Å². The number of nitrogens with zero attached hydrogens (tertiary/aromatic N) is 1. The molecule has 1 aliphatic rings. The van der Waals surface area contributed by atoms with Gasteiger partial charge in [0.15, 0.2) is 0 Å². The molecule has 21 heavy (non-hydrogen) atoms. The molecule has 1 atom stereocenters. The molecule has 0 saturated heterocycles. The van der Waals surface area contributed by atoms with Crippen molar-refractivity contribution in [2.45, 2.75) is 25.3 Å². The molecule has 0 aromatic heterocycles. The Hall–Kier alpha value is -1.65. The Labute approximate surface area is 126 Å². The van der Waals surface area contributed by atoms with E-state index in [0.29, 0.717) is 19.6 Å². The molecule has 0 spiro atoms. The molecule has 1 aromatic rings. The van der Waals surface area contributed by atoms with E-state index < -0.39 is 6.04 Å². The zero-order valence-electron chi connectivity index (χ0n) is 12.6. The van der Waals surface area contributed by atoms with Gasteiger partial charge in [0, 0.05) is 26.8 Å². The minimum Gasteiger partial charge on any atom is -0.385 e. The Kier molecular flexibility index (Phi) is 5.96. The lowest BCUT2D eigenvalue weighted by atomic mass is 9.99. The second kappa shape index (κ2) is 7.96. The van der Waals surface area contributed by atoms with Crippen LogP contribution in [0.2, 0.25) is 0 Å². The van der Waals surface area contributed by atoms with E-state index >= 15 is 0 Å². The highest BCUT2D eigenvalue weighted by molar-refractivity contribution is 5.83. The topological polar surface area (TPSA) is 55.6 Å². The van der Waals surface area contributed by atoms with E-state index in [0.717, 1.165) is 19.4 Å². The number of benzene rings is 1. The van der Waals surface area contributed by atoms with Crippen LogP contribution >= 0.6 is 0 Å². The van der Waals surface area contributed by atoms with E-state index in [9.17, 15) is 4.79 Å². The van der Waals surface area contributed by atoms with Gasteiger partial charge in [-0.25, -0.2) is 0 Å². The molecular weight excluding hydrogens is 264 g/mol. The monoisotopic (exact) mass is 288 g/mol. The summed E-state index contributed by atoms with van der Waals surface area (Å²) in [7, 11) is 1.66. The third-order valence-corrected chi connectivity index (χ3v) is 3.85. The maximum atomic E-state index is 12.3. The van der Waals surface area contributed by atoms with Crippen LogP contribution < -0.4 is 5.73 Å². The molecule has 2 N–H and O–H groups in total. The summed E-state index contributed by atoms with van der Waals surface area (Å²) < 4.78 is 4.99. The molecule has 0 aliphatic carbocycles. The van der Waals surface area contributed by atoms with E-state index in [2.05, 4.69) is 18.2 Å². The molecule has 4 nitrogen and oxygen atoms in total. The fourth-order valence-electron chi connectivity index (χ4n) is 2.59. The number of amides is 1. The summed E-state index contributed by atoms with van der Waals surface area (Å²) in [4.78, 5) is 14.1. The highest BCUT2D eigenvalue weighted by Crippen LogP contribution is 2.22. The van der Waals surface area contributed by atoms with E-state index in [4.69, 9.17) is 10.5 Å². The zero-order valence-corrected chi connectivity index (χ0v) is 12.6. The Morgan fingerprint density at radius 1 is 1.38 bits per heavy atom. The number of nitrogens with two attached hydrogens (primary N) is 1. The molecule has 4 heteroatoms. The van der Waals surface area contributed by atoms with Crippen LogP contribution in [-0.4, -0.2) is 43.7 Å². The van der Waals surface area contributed by atoms with Gasteiger partial charge in [-0.2, -0.15) is 0 Å². The number of rotatable bonds is 6. The molecule has 1 unspecified atom stereocenters. The maximum Gasteiger partial charge on any atom is 0.239 e. The van der Waals surface area contributed by atoms with E-state index in [1.165, 1.54) is 11.1 Å². The van der Waals surface area contributed by atoms with Crippen molar-refractivity contribution in [1.29, 1.82) is 0 Å². The van der Waals surface area contributed by atoms with Crippen LogP contribution in [0, 0.1) is 0 Å². The van der Waals surface area contributed by atoms with Crippen LogP contribution in [0.4, 0.5) is 0 Å². The predicted molar refractivity (Wildman–Crippen MR) is 84.7 cm³/mol. The first-order valence-corrected chi connectivity index (χ1v) is 7.50. The lowest BCUT2D eigenvalue weighted by Crippen LogP contribution is -2.45. The maximum absolute atomic E-state index is 12.3. The van der Waals surface area contributed by atoms with Crippen molar-refractivity contribution in [2.75, 3.05) is 26.8 Å². The molecule has 0 fully saturated rings. The molecule has 2 rings (SSSR count). The number of hydrogen-bond donors (Lipinski definition) is 1. The van der Waals surface area contributed by atoms with Gasteiger partial charge in [0.25, 0.3) is 0 Å². The number of ether oxygens (including phenoxy) is 1. The third kappa shape index (κ3) is 4.41. The van der Waals surface area contributed by atoms with Gasteiger partial charge in [-0.1, -0.05) is 36.4 Å². The number of carbonyl (C=O) groups excluding carboxylic acids is 1. The summed E-state index contributed by atoms with van der Waals surface area (Å²) in [6.07, 6.45) is 4.53. The van der Waals surface area contributed by atoms with Crippen molar-refractivity contribution >= 4 is 11.5 Å². The van der Waals surface area contributed by atoms with Gasteiger partial charge in [-0.15, -0.1) is 0 Å². The van der Waals surface area contributed by atoms with Crippen LogP contribution in [0.15, 0.2) is 36.4 Å². The Morgan fingerprint density at radius 2 is 2.14 bits per heavy atom. The van der Waals surface area contributed by atoms with Crippen molar-refractivity contribution in [3.63, 3.8) is 0 Å². The largest absolute Gasteiger partial charge is 0.385 e. The highest BCUT2D eigenvalue weighted by atomic mass is 16.5. The summed E-state index contributed by atoms with van der Waals surface area (Å²) >= 11 is 0. The lowest BCUT2D eigenvalue weighted by Gasteiger charge is -2.29. The molecule has 1 amide bonds. The standard InChI is InChI=1S/C17H24N2O2/c1-21-13-5-8-16(18)17(20)19-11-9-15(10-12-19)14-6-3-2-4-7-14/h2-4,6-7,9,16H,5,8,10-13,18H2,1H3. The van der Waals surface area contributed by atoms with Gasteiger partial charge in [0.05, 0.1) is 6.04 Å². The molecular formula is C17H24N2O2. The fraction of sp³-hybridized carbons (Fsp3) is 0.471. The number of carbonyl (C=O) groups is 1. The first-order chi connectivity index (χ1) is 10.2. The molecule has 1 aliphatic heterocycles. The third-order valence-electron chi connectivity index (χ3n) is 3.85. The smallest absolute Gasteiger partial charge is 0.239 e. The first-order valence-electron chi connectivity index (χ1n) is 7.50. The van der Waals surface area contributed by atoms with Gasteiger partial charge in [-0.3, -0.25) is 4.79 Å².